The topological polar surface area (TPSA) is 67.2 Å². The molecular weight excluding hydrogens is 286 g/mol. The first kappa shape index (κ1) is 15.9. The van der Waals surface area contributed by atoms with Gasteiger partial charge in [0.25, 0.3) is 5.69 Å². The van der Waals surface area contributed by atoms with Gasteiger partial charge in [-0.2, -0.15) is 11.8 Å². The third-order valence-corrected chi connectivity index (χ3v) is 5.04. The number of anilines is 2. The number of non-ortho nitro benzene ring substituents is 1. The second kappa shape index (κ2) is 7.54. The van der Waals surface area contributed by atoms with Gasteiger partial charge in [-0.25, -0.2) is 0 Å². The Labute approximate surface area is 130 Å². The number of nitro groups is 1. The Morgan fingerprint density at radius 1 is 1.29 bits per heavy atom. The number of hydrogen-bond acceptors (Lipinski definition) is 5. The highest BCUT2D eigenvalue weighted by Gasteiger charge is 2.24. The normalized spacial score (nSPS) is 21.8. The van der Waals surface area contributed by atoms with Crippen molar-refractivity contribution in [3.05, 3.63) is 28.3 Å². The Morgan fingerprint density at radius 2 is 2.00 bits per heavy atom. The Bertz CT molecular complexity index is 496. The fraction of sp³-hybridized carbons (Fsp3) is 0.600. The quantitative estimate of drug-likeness (QED) is 0.611. The van der Waals surface area contributed by atoms with Crippen LogP contribution in [0.4, 0.5) is 17.1 Å². The molecule has 0 heterocycles. The van der Waals surface area contributed by atoms with Crippen LogP contribution in [0.1, 0.15) is 32.6 Å². The van der Waals surface area contributed by atoms with Crippen LogP contribution in [0.3, 0.4) is 0 Å². The maximum Gasteiger partial charge on any atom is 0.273 e. The average molecular weight is 309 g/mol. The van der Waals surface area contributed by atoms with E-state index in [1.54, 1.807) is 12.1 Å². The van der Waals surface area contributed by atoms with Crippen molar-refractivity contribution in [1.82, 2.24) is 0 Å². The molecular formula is C15H23N3O2S. The van der Waals surface area contributed by atoms with Gasteiger partial charge in [0.15, 0.2) is 0 Å². The molecule has 1 saturated carbocycles. The lowest BCUT2D eigenvalue weighted by Crippen LogP contribution is -2.34. The summed E-state index contributed by atoms with van der Waals surface area (Å²) in [5, 5.41) is 18.3. The van der Waals surface area contributed by atoms with E-state index in [1.165, 1.54) is 19.3 Å². The minimum Gasteiger partial charge on any atom is -0.385 e. The van der Waals surface area contributed by atoms with Crippen molar-refractivity contribution >= 4 is 28.8 Å². The molecule has 2 atom stereocenters. The second-order valence-corrected chi connectivity index (χ2v) is 6.44. The van der Waals surface area contributed by atoms with Gasteiger partial charge >= 0.3 is 0 Å². The summed E-state index contributed by atoms with van der Waals surface area (Å²) in [7, 11) is 0. The molecule has 1 aliphatic rings. The molecule has 0 amide bonds. The third kappa shape index (κ3) is 4.27. The van der Waals surface area contributed by atoms with Gasteiger partial charge in [-0.15, -0.1) is 0 Å². The smallest absolute Gasteiger partial charge is 0.273 e. The maximum atomic E-state index is 11.1. The van der Waals surface area contributed by atoms with Crippen LogP contribution in [-0.4, -0.2) is 29.0 Å². The second-order valence-electron chi connectivity index (χ2n) is 5.37. The molecule has 2 N–H and O–H groups in total. The predicted octanol–water partition coefficient (Wildman–Crippen LogP) is 4.11. The molecule has 0 saturated heterocycles. The molecule has 1 fully saturated rings. The van der Waals surface area contributed by atoms with Gasteiger partial charge in [0.1, 0.15) is 0 Å². The zero-order valence-electron chi connectivity index (χ0n) is 12.6. The minimum absolute atomic E-state index is 0.132. The molecule has 1 aromatic carbocycles. The molecule has 0 aliphatic heterocycles. The van der Waals surface area contributed by atoms with E-state index in [1.807, 2.05) is 24.8 Å². The molecule has 116 valence electrons. The number of nitrogens with zero attached hydrogens (tertiary/aromatic N) is 1. The molecule has 0 bridgehead atoms. The summed E-state index contributed by atoms with van der Waals surface area (Å²) in [4.78, 5) is 10.7. The van der Waals surface area contributed by atoms with Crippen LogP contribution in [0.2, 0.25) is 0 Å². The van der Waals surface area contributed by atoms with Crippen molar-refractivity contribution in [1.29, 1.82) is 0 Å². The monoisotopic (exact) mass is 309 g/mol. The molecule has 0 aromatic heterocycles. The molecule has 1 aromatic rings. The zero-order chi connectivity index (χ0) is 15.2. The molecule has 5 nitrogen and oxygen atoms in total. The van der Waals surface area contributed by atoms with Gasteiger partial charge in [-0.3, -0.25) is 10.1 Å². The number of nitrogens with one attached hydrogen (secondary N) is 2. The Hall–Kier alpha value is -1.43. The van der Waals surface area contributed by atoms with Crippen LogP contribution < -0.4 is 10.6 Å². The first-order valence-corrected chi connectivity index (χ1v) is 8.75. The van der Waals surface area contributed by atoms with Gasteiger partial charge in [0.2, 0.25) is 0 Å². The lowest BCUT2D eigenvalue weighted by atomic mass is 9.94. The molecule has 0 radical (unpaired) electrons. The number of thioether (sulfide) groups is 1. The van der Waals surface area contributed by atoms with Crippen LogP contribution in [0.25, 0.3) is 0 Å². The van der Waals surface area contributed by atoms with Crippen molar-refractivity contribution in [3.8, 4) is 0 Å². The van der Waals surface area contributed by atoms with Crippen molar-refractivity contribution in [2.75, 3.05) is 23.4 Å². The van der Waals surface area contributed by atoms with E-state index in [2.05, 4.69) is 16.9 Å². The van der Waals surface area contributed by atoms with Crippen molar-refractivity contribution in [3.63, 3.8) is 0 Å². The highest BCUT2D eigenvalue weighted by Crippen LogP contribution is 2.31. The lowest BCUT2D eigenvalue weighted by molar-refractivity contribution is -0.384. The summed E-state index contributed by atoms with van der Waals surface area (Å²) < 4.78 is 0. The van der Waals surface area contributed by atoms with Gasteiger partial charge in [0, 0.05) is 41.3 Å². The molecule has 2 unspecified atom stereocenters. The fourth-order valence-corrected chi connectivity index (χ4v) is 3.80. The highest BCUT2D eigenvalue weighted by atomic mass is 32.2. The van der Waals surface area contributed by atoms with Crippen molar-refractivity contribution < 1.29 is 4.92 Å². The molecule has 0 spiro atoms. The Morgan fingerprint density at radius 3 is 2.67 bits per heavy atom. The van der Waals surface area contributed by atoms with E-state index in [4.69, 9.17) is 0 Å². The van der Waals surface area contributed by atoms with Gasteiger partial charge in [-0.05, 0) is 32.1 Å². The lowest BCUT2D eigenvalue weighted by Gasteiger charge is -2.31. The fourth-order valence-electron chi connectivity index (χ4n) is 2.86. The van der Waals surface area contributed by atoms with E-state index in [9.17, 15) is 10.1 Å². The Kier molecular flexibility index (Phi) is 5.73. The first-order valence-electron chi connectivity index (χ1n) is 7.46. The maximum absolute atomic E-state index is 11.1. The SMILES string of the molecule is CCNc1cc(NC2CCCCC2SC)cc([N+](=O)[O-])c1. The zero-order valence-corrected chi connectivity index (χ0v) is 13.4. The molecule has 21 heavy (non-hydrogen) atoms. The largest absolute Gasteiger partial charge is 0.385 e. The minimum atomic E-state index is -0.334. The van der Waals surface area contributed by atoms with Gasteiger partial charge in [0.05, 0.1) is 4.92 Å². The van der Waals surface area contributed by atoms with E-state index in [0.717, 1.165) is 24.3 Å². The first-order chi connectivity index (χ1) is 10.1. The summed E-state index contributed by atoms with van der Waals surface area (Å²) >= 11 is 1.89. The van der Waals surface area contributed by atoms with E-state index >= 15 is 0 Å². The van der Waals surface area contributed by atoms with Crippen LogP contribution in [0.15, 0.2) is 18.2 Å². The van der Waals surface area contributed by atoms with Crippen LogP contribution in [0, 0.1) is 10.1 Å². The number of hydrogen-bond donors (Lipinski definition) is 2. The van der Waals surface area contributed by atoms with Crippen LogP contribution in [-0.2, 0) is 0 Å². The van der Waals surface area contributed by atoms with E-state index < -0.39 is 0 Å². The highest BCUT2D eigenvalue weighted by molar-refractivity contribution is 7.99. The number of nitro benzene ring substituents is 1. The number of rotatable bonds is 6. The molecule has 2 rings (SSSR count). The Balaban J connectivity index is 2.19. The van der Waals surface area contributed by atoms with Crippen molar-refractivity contribution in [2.24, 2.45) is 0 Å². The summed E-state index contributed by atoms with van der Waals surface area (Å²) in [6, 6.07) is 5.57. The van der Waals surface area contributed by atoms with Gasteiger partial charge in [-0.1, -0.05) is 12.8 Å². The molecule has 6 heteroatoms. The molecule has 1 aliphatic carbocycles. The summed E-state index contributed by atoms with van der Waals surface area (Å²) in [6.45, 7) is 2.73. The summed E-state index contributed by atoms with van der Waals surface area (Å²) in [5.41, 5.74) is 1.77. The third-order valence-electron chi connectivity index (χ3n) is 3.87. The van der Waals surface area contributed by atoms with E-state index in [-0.39, 0.29) is 10.6 Å². The summed E-state index contributed by atoms with van der Waals surface area (Å²) in [5.74, 6) is 0. The van der Waals surface area contributed by atoms with Crippen LogP contribution in [0.5, 0.6) is 0 Å². The van der Waals surface area contributed by atoms with Gasteiger partial charge < -0.3 is 10.6 Å². The van der Waals surface area contributed by atoms with Crippen LogP contribution >= 0.6 is 11.8 Å². The summed E-state index contributed by atoms with van der Waals surface area (Å²) in [6.07, 6.45) is 6.99. The average Bonchev–Trinajstić information content (AvgIpc) is 2.48. The van der Waals surface area contributed by atoms with Crippen molar-refractivity contribution in [2.45, 2.75) is 43.9 Å². The standard InChI is InChI=1S/C15H23N3O2S/c1-3-16-11-8-12(10-13(9-11)18(19)20)17-14-6-4-5-7-15(14)21-2/h8-10,14-17H,3-7H2,1-2H3. The number of benzene rings is 1. The predicted molar refractivity (Wildman–Crippen MR) is 90.4 cm³/mol. The van der Waals surface area contributed by atoms with E-state index in [0.29, 0.717) is 11.3 Å².